The van der Waals surface area contributed by atoms with Crippen LogP contribution < -0.4 is 14.8 Å². The van der Waals surface area contributed by atoms with Gasteiger partial charge in [-0.1, -0.05) is 6.07 Å². The fourth-order valence-corrected chi connectivity index (χ4v) is 2.65. The second-order valence-electron chi connectivity index (χ2n) is 5.27. The van der Waals surface area contributed by atoms with E-state index in [0.29, 0.717) is 12.0 Å². The zero-order valence-electron chi connectivity index (χ0n) is 10.9. The third kappa shape index (κ3) is 2.32. The molecule has 2 fully saturated rings. The number of nitrogens with one attached hydrogen (secondary N) is 1. The number of methoxy groups -OCH3 is 1. The predicted octanol–water partition coefficient (Wildman–Crippen LogP) is 2.70. The highest BCUT2D eigenvalue weighted by Gasteiger charge is 2.22. The largest absolute Gasteiger partial charge is 0.493 e. The van der Waals surface area contributed by atoms with Crippen molar-refractivity contribution in [3.05, 3.63) is 23.8 Å². The third-order valence-electron chi connectivity index (χ3n) is 4.07. The molecule has 98 valence electrons. The molecule has 3 nitrogen and oxygen atoms in total. The Morgan fingerprint density at radius 2 is 2.06 bits per heavy atom. The van der Waals surface area contributed by atoms with Crippen LogP contribution in [0.25, 0.3) is 0 Å². The van der Waals surface area contributed by atoms with E-state index in [1.807, 2.05) is 6.07 Å². The fourth-order valence-electron chi connectivity index (χ4n) is 2.65. The molecule has 3 heteroatoms. The minimum absolute atomic E-state index is 0.399. The molecule has 3 rings (SSSR count). The topological polar surface area (TPSA) is 30.5 Å². The summed E-state index contributed by atoms with van der Waals surface area (Å²) in [5.74, 6) is 2.41. The van der Waals surface area contributed by atoms with Crippen LogP contribution in [0.4, 0.5) is 0 Å². The van der Waals surface area contributed by atoms with Crippen LogP contribution in [0.2, 0.25) is 0 Å². The maximum absolute atomic E-state index is 6.03. The van der Waals surface area contributed by atoms with Crippen LogP contribution in [0.5, 0.6) is 11.5 Å². The Hall–Kier alpha value is -1.22. The van der Waals surface area contributed by atoms with Crippen LogP contribution in [0.15, 0.2) is 18.2 Å². The summed E-state index contributed by atoms with van der Waals surface area (Å²) in [6.45, 7) is 2.20. The number of ether oxygens (including phenoxy) is 2. The summed E-state index contributed by atoms with van der Waals surface area (Å²) in [5, 5.41) is 3.41. The van der Waals surface area contributed by atoms with Crippen LogP contribution in [0.1, 0.15) is 37.2 Å². The molecule has 0 spiro atoms. The van der Waals surface area contributed by atoms with Crippen molar-refractivity contribution in [3.8, 4) is 11.5 Å². The third-order valence-corrected chi connectivity index (χ3v) is 4.07. The summed E-state index contributed by atoms with van der Waals surface area (Å²) in [6, 6.07) is 6.39. The summed E-state index contributed by atoms with van der Waals surface area (Å²) in [6.07, 6.45) is 5.27. The van der Waals surface area contributed by atoms with Gasteiger partial charge in [0.15, 0.2) is 11.5 Å². The molecule has 0 amide bonds. The van der Waals surface area contributed by atoms with E-state index in [9.17, 15) is 0 Å². The van der Waals surface area contributed by atoms with Gasteiger partial charge in [0.2, 0.25) is 0 Å². The molecular weight excluding hydrogens is 226 g/mol. The van der Waals surface area contributed by atoms with E-state index in [0.717, 1.165) is 24.6 Å². The molecule has 1 aliphatic heterocycles. The van der Waals surface area contributed by atoms with E-state index in [1.54, 1.807) is 7.11 Å². The fraction of sp³-hybridized carbons (Fsp3) is 0.600. The Morgan fingerprint density at radius 1 is 1.17 bits per heavy atom. The minimum Gasteiger partial charge on any atom is -0.493 e. The van der Waals surface area contributed by atoms with Crippen LogP contribution in [-0.4, -0.2) is 26.3 Å². The molecule has 1 atom stereocenters. The first-order valence-corrected chi connectivity index (χ1v) is 6.92. The van der Waals surface area contributed by atoms with E-state index < -0.39 is 0 Å². The Kier molecular flexibility index (Phi) is 3.41. The molecule has 0 radical (unpaired) electrons. The van der Waals surface area contributed by atoms with E-state index >= 15 is 0 Å². The van der Waals surface area contributed by atoms with Crippen molar-refractivity contribution in [2.45, 2.75) is 37.7 Å². The van der Waals surface area contributed by atoms with Crippen molar-refractivity contribution in [1.82, 2.24) is 5.32 Å². The molecule has 1 aromatic carbocycles. The van der Waals surface area contributed by atoms with Gasteiger partial charge in [0.05, 0.1) is 13.2 Å². The van der Waals surface area contributed by atoms with Gasteiger partial charge < -0.3 is 14.8 Å². The first-order chi connectivity index (χ1) is 8.86. The summed E-state index contributed by atoms with van der Waals surface area (Å²) in [5.41, 5.74) is 1.37. The monoisotopic (exact) mass is 247 g/mol. The van der Waals surface area contributed by atoms with Gasteiger partial charge in [-0.25, -0.2) is 0 Å². The lowest BCUT2D eigenvalue weighted by atomic mass is 9.95. The molecule has 1 unspecified atom stereocenters. The van der Waals surface area contributed by atoms with Crippen LogP contribution in [0.3, 0.4) is 0 Å². The van der Waals surface area contributed by atoms with Crippen molar-refractivity contribution >= 4 is 0 Å². The van der Waals surface area contributed by atoms with Gasteiger partial charge in [0.1, 0.15) is 0 Å². The minimum atomic E-state index is 0.399. The van der Waals surface area contributed by atoms with Gasteiger partial charge in [-0.05, 0) is 55.8 Å². The van der Waals surface area contributed by atoms with Crippen LogP contribution >= 0.6 is 0 Å². The van der Waals surface area contributed by atoms with E-state index in [-0.39, 0.29) is 0 Å². The van der Waals surface area contributed by atoms with Gasteiger partial charge in [0, 0.05) is 6.54 Å². The van der Waals surface area contributed by atoms with Gasteiger partial charge in [0.25, 0.3) is 0 Å². The molecule has 1 heterocycles. The SMILES string of the molecule is COc1ccc(C2CCNC2)cc1OC1CCC1. The van der Waals surface area contributed by atoms with Gasteiger partial charge in [-0.3, -0.25) is 0 Å². The zero-order chi connectivity index (χ0) is 12.4. The molecule has 1 saturated heterocycles. The number of rotatable bonds is 4. The number of benzene rings is 1. The Bertz CT molecular complexity index is 409. The molecule has 1 aromatic rings. The van der Waals surface area contributed by atoms with Gasteiger partial charge >= 0.3 is 0 Å². The van der Waals surface area contributed by atoms with Crippen LogP contribution in [0, 0.1) is 0 Å². The predicted molar refractivity (Wildman–Crippen MR) is 71.5 cm³/mol. The van der Waals surface area contributed by atoms with E-state index in [2.05, 4.69) is 17.4 Å². The molecule has 2 aliphatic rings. The smallest absolute Gasteiger partial charge is 0.161 e. The lowest BCUT2D eigenvalue weighted by Crippen LogP contribution is -2.24. The lowest BCUT2D eigenvalue weighted by Gasteiger charge is -2.27. The molecular formula is C15H21NO2. The second kappa shape index (κ2) is 5.19. The maximum atomic E-state index is 6.03. The average Bonchev–Trinajstić information content (AvgIpc) is 2.87. The zero-order valence-corrected chi connectivity index (χ0v) is 10.9. The van der Waals surface area contributed by atoms with E-state index in [1.165, 1.54) is 31.2 Å². The molecule has 1 aliphatic carbocycles. The van der Waals surface area contributed by atoms with E-state index in [4.69, 9.17) is 9.47 Å². The molecule has 0 aromatic heterocycles. The highest BCUT2D eigenvalue weighted by molar-refractivity contribution is 5.44. The lowest BCUT2D eigenvalue weighted by molar-refractivity contribution is 0.116. The van der Waals surface area contributed by atoms with Gasteiger partial charge in [-0.15, -0.1) is 0 Å². The van der Waals surface area contributed by atoms with Crippen molar-refractivity contribution in [2.24, 2.45) is 0 Å². The maximum Gasteiger partial charge on any atom is 0.161 e. The highest BCUT2D eigenvalue weighted by atomic mass is 16.5. The van der Waals surface area contributed by atoms with Crippen molar-refractivity contribution < 1.29 is 9.47 Å². The molecule has 1 N–H and O–H groups in total. The van der Waals surface area contributed by atoms with Crippen molar-refractivity contribution in [3.63, 3.8) is 0 Å². The van der Waals surface area contributed by atoms with Crippen LogP contribution in [-0.2, 0) is 0 Å². The first kappa shape index (κ1) is 11.8. The van der Waals surface area contributed by atoms with Crippen molar-refractivity contribution in [2.75, 3.05) is 20.2 Å². The summed E-state index contributed by atoms with van der Waals surface area (Å²) in [7, 11) is 1.71. The first-order valence-electron chi connectivity index (χ1n) is 6.92. The number of hydrogen-bond acceptors (Lipinski definition) is 3. The van der Waals surface area contributed by atoms with Gasteiger partial charge in [-0.2, -0.15) is 0 Å². The van der Waals surface area contributed by atoms with Crippen molar-refractivity contribution in [1.29, 1.82) is 0 Å². The summed E-state index contributed by atoms with van der Waals surface area (Å²) < 4.78 is 11.4. The normalized spacial score (nSPS) is 23.7. The second-order valence-corrected chi connectivity index (χ2v) is 5.27. The Balaban J connectivity index is 1.80. The quantitative estimate of drug-likeness (QED) is 0.887. The molecule has 18 heavy (non-hydrogen) atoms. The highest BCUT2D eigenvalue weighted by Crippen LogP contribution is 2.35. The molecule has 0 bridgehead atoms. The Morgan fingerprint density at radius 3 is 2.67 bits per heavy atom. The Labute approximate surface area is 108 Å². The summed E-state index contributed by atoms with van der Waals surface area (Å²) >= 11 is 0. The molecule has 1 saturated carbocycles. The number of hydrogen-bond donors (Lipinski definition) is 1. The standard InChI is InChI=1S/C15H21NO2/c1-17-14-6-5-11(12-7-8-16-10-12)9-15(14)18-13-3-2-4-13/h5-6,9,12-13,16H,2-4,7-8,10H2,1H3. The summed E-state index contributed by atoms with van der Waals surface area (Å²) in [4.78, 5) is 0. The average molecular weight is 247 g/mol.